The van der Waals surface area contributed by atoms with E-state index in [1.54, 1.807) is 0 Å². The predicted molar refractivity (Wildman–Crippen MR) is 104 cm³/mol. The van der Waals surface area contributed by atoms with Crippen LogP contribution >= 0.6 is 0 Å². The van der Waals surface area contributed by atoms with Gasteiger partial charge in [-0.25, -0.2) is 0 Å². The van der Waals surface area contributed by atoms with E-state index in [1.165, 1.54) is 27.5 Å². The molecule has 4 aromatic rings. The molecule has 0 spiro atoms. The molecule has 1 N–H and O–H groups in total. The van der Waals surface area contributed by atoms with Gasteiger partial charge in [0.25, 0.3) is 0 Å². The number of hydrogen-bond donors (Lipinski definition) is 1. The summed E-state index contributed by atoms with van der Waals surface area (Å²) in [4.78, 5) is 0. The van der Waals surface area contributed by atoms with E-state index in [1.807, 2.05) is 12.1 Å². The first-order chi connectivity index (χ1) is 11.8. The molecule has 0 radical (unpaired) electrons. The second-order valence-corrected chi connectivity index (χ2v) is 5.96. The van der Waals surface area contributed by atoms with Crippen LogP contribution < -0.4 is 5.46 Å². The van der Waals surface area contributed by atoms with Crippen molar-refractivity contribution in [1.29, 1.82) is 0 Å². The van der Waals surface area contributed by atoms with Crippen LogP contribution in [-0.2, 0) is 0 Å². The predicted octanol–water partition coefficient (Wildman–Crippen LogP) is 4.14. The summed E-state index contributed by atoms with van der Waals surface area (Å²) in [5.41, 5.74) is 5.77. The van der Waals surface area contributed by atoms with Gasteiger partial charge in [0.2, 0.25) is 0 Å². The van der Waals surface area contributed by atoms with Crippen LogP contribution in [-0.4, -0.2) is 12.5 Å². The molecular formula is C22H17BO. The molecule has 0 fully saturated rings. The fourth-order valence-electron chi connectivity index (χ4n) is 3.12. The molecule has 0 aliphatic heterocycles. The molecule has 24 heavy (non-hydrogen) atoms. The largest absolute Gasteiger partial charge is 0.449 e. The van der Waals surface area contributed by atoms with Crippen molar-refractivity contribution in [2.75, 3.05) is 0 Å². The van der Waals surface area contributed by atoms with Crippen molar-refractivity contribution < 1.29 is 5.02 Å². The summed E-state index contributed by atoms with van der Waals surface area (Å²) in [6.45, 7) is 0. The standard InChI is InChI=1S/C22H17BO/c24-23-20-14-12-17(13-15-20)16-8-10-19(11-9-16)22-7-3-5-18-4-1-2-6-21(18)22/h1-15,23-24H. The van der Waals surface area contributed by atoms with Crippen molar-refractivity contribution in [2.24, 2.45) is 0 Å². The summed E-state index contributed by atoms with van der Waals surface area (Å²) in [6.07, 6.45) is 0. The molecule has 0 saturated carbocycles. The van der Waals surface area contributed by atoms with Crippen molar-refractivity contribution in [2.45, 2.75) is 0 Å². The average molecular weight is 308 g/mol. The van der Waals surface area contributed by atoms with Gasteiger partial charge in [-0.05, 0) is 33.0 Å². The average Bonchev–Trinajstić information content (AvgIpc) is 2.68. The maximum absolute atomic E-state index is 9.15. The van der Waals surface area contributed by atoms with Gasteiger partial charge in [0.1, 0.15) is 0 Å². The van der Waals surface area contributed by atoms with E-state index < -0.39 is 0 Å². The van der Waals surface area contributed by atoms with Crippen molar-refractivity contribution in [1.82, 2.24) is 0 Å². The van der Waals surface area contributed by atoms with Gasteiger partial charge < -0.3 is 5.02 Å². The Morgan fingerprint density at radius 2 is 1.12 bits per heavy atom. The van der Waals surface area contributed by atoms with Gasteiger partial charge >= 0.3 is 7.48 Å². The molecule has 0 bridgehead atoms. The molecular weight excluding hydrogens is 291 g/mol. The first kappa shape index (κ1) is 14.7. The highest BCUT2D eigenvalue weighted by molar-refractivity contribution is 6.45. The van der Waals surface area contributed by atoms with Gasteiger partial charge in [-0.2, -0.15) is 0 Å². The molecule has 0 aliphatic rings. The van der Waals surface area contributed by atoms with Crippen LogP contribution in [0.2, 0.25) is 0 Å². The van der Waals surface area contributed by atoms with Crippen LogP contribution in [0.25, 0.3) is 33.0 Å². The van der Waals surface area contributed by atoms with Gasteiger partial charge in [-0.1, -0.05) is 96.5 Å². The van der Waals surface area contributed by atoms with E-state index in [9.17, 15) is 0 Å². The summed E-state index contributed by atoms with van der Waals surface area (Å²) < 4.78 is 0. The molecule has 4 rings (SSSR count). The SMILES string of the molecule is OBc1ccc(-c2ccc(-c3cccc4ccccc34)cc2)cc1. The van der Waals surface area contributed by atoms with Gasteiger partial charge in [-0.3, -0.25) is 0 Å². The summed E-state index contributed by atoms with van der Waals surface area (Å²) >= 11 is 0. The molecule has 0 unspecified atom stereocenters. The quantitative estimate of drug-likeness (QED) is 0.564. The maximum atomic E-state index is 9.15. The Balaban J connectivity index is 1.72. The molecule has 0 heterocycles. The highest BCUT2D eigenvalue weighted by atomic mass is 16.2. The normalized spacial score (nSPS) is 10.7. The van der Waals surface area contributed by atoms with Crippen molar-refractivity contribution in [3.8, 4) is 22.3 Å². The van der Waals surface area contributed by atoms with Gasteiger partial charge in [-0.15, -0.1) is 0 Å². The molecule has 4 aromatic carbocycles. The molecule has 114 valence electrons. The van der Waals surface area contributed by atoms with E-state index in [4.69, 9.17) is 5.02 Å². The third-order valence-electron chi connectivity index (χ3n) is 4.46. The zero-order valence-corrected chi connectivity index (χ0v) is 13.3. The monoisotopic (exact) mass is 308 g/mol. The second-order valence-electron chi connectivity index (χ2n) is 5.96. The molecule has 2 heteroatoms. The molecule has 0 saturated heterocycles. The summed E-state index contributed by atoms with van der Waals surface area (Å²) in [7, 11) is 0.0836. The lowest BCUT2D eigenvalue weighted by Gasteiger charge is -2.08. The first-order valence-electron chi connectivity index (χ1n) is 8.13. The molecule has 0 aromatic heterocycles. The Morgan fingerprint density at radius 1 is 0.542 bits per heavy atom. The Bertz CT molecular complexity index is 967. The van der Waals surface area contributed by atoms with Crippen LogP contribution in [0.15, 0.2) is 91.0 Å². The lowest BCUT2D eigenvalue weighted by atomic mass is 9.87. The lowest BCUT2D eigenvalue weighted by molar-refractivity contribution is 0.615. The third-order valence-corrected chi connectivity index (χ3v) is 4.46. The highest BCUT2D eigenvalue weighted by Gasteiger charge is 2.04. The van der Waals surface area contributed by atoms with Crippen LogP contribution in [0.5, 0.6) is 0 Å². The van der Waals surface area contributed by atoms with E-state index in [0.29, 0.717) is 0 Å². The van der Waals surface area contributed by atoms with Crippen LogP contribution in [0.1, 0.15) is 0 Å². The van der Waals surface area contributed by atoms with Crippen LogP contribution in [0, 0.1) is 0 Å². The lowest BCUT2D eigenvalue weighted by Crippen LogP contribution is -2.11. The van der Waals surface area contributed by atoms with Gasteiger partial charge in [0, 0.05) is 0 Å². The van der Waals surface area contributed by atoms with Crippen molar-refractivity contribution in [3.05, 3.63) is 91.0 Å². The minimum absolute atomic E-state index is 0.0836. The fourth-order valence-corrected chi connectivity index (χ4v) is 3.12. The minimum atomic E-state index is 0.0836. The molecule has 0 aliphatic carbocycles. The number of benzene rings is 4. The van der Waals surface area contributed by atoms with E-state index in [0.717, 1.165) is 11.0 Å². The molecule has 0 atom stereocenters. The maximum Gasteiger partial charge on any atom is 0.304 e. The van der Waals surface area contributed by atoms with E-state index in [2.05, 4.69) is 78.9 Å². The Hall–Kier alpha value is -2.84. The first-order valence-corrected chi connectivity index (χ1v) is 8.13. The second kappa shape index (κ2) is 6.35. The van der Waals surface area contributed by atoms with E-state index >= 15 is 0 Å². The number of fused-ring (bicyclic) bond motifs is 1. The summed E-state index contributed by atoms with van der Waals surface area (Å²) in [5.74, 6) is 0. The van der Waals surface area contributed by atoms with Crippen molar-refractivity contribution >= 4 is 23.7 Å². The molecule has 1 nitrogen and oxygen atoms in total. The Kier molecular flexibility index (Phi) is 3.90. The number of rotatable bonds is 3. The zero-order valence-electron chi connectivity index (χ0n) is 13.3. The zero-order chi connectivity index (χ0) is 16.4. The Morgan fingerprint density at radius 3 is 1.83 bits per heavy atom. The fraction of sp³-hybridized carbons (Fsp3) is 0. The summed E-state index contributed by atoms with van der Waals surface area (Å²) in [6, 6.07) is 31.6. The summed E-state index contributed by atoms with van der Waals surface area (Å²) in [5, 5.41) is 11.7. The van der Waals surface area contributed by atoms with Gasteiger partial charge in [0.15, 0.2) is 0 Å². The molecule has 0 amide bonds. The van der Waals surface area contributed by atoms with Gasteiger partial charge in [0.05, 0.1) is 0 Å². The van der Waals surface area contributed by atoms with Crippen LogP contribution in [0.3, 0.4) is 0 Å². The highest BCUT2D eigenvalue weighted by Crippen LogP contribution is 2.30. The van der Waals surface area contributed by atoms with Crippen LogP contribution in [0.4, 0.5) is 0 Å². The number of hydrogen-bond acceptors (Lipinski definition) is 1. The van der Waals surface area contributed by atoms with Crippen molar-refractivity contribution in [3.63, 3.8) is 0 Å². The minimum Gasteiger partial charge on any atom is -0.449 e. The topological polar surface area (TPSA) is 20.2 Å². The smallest absolute Gasteiger partial charge is 0.304 e. The third kappa shape index (κ3) is 2.73. The van der Waals surface area contributed by atoms with E-state index in [-0.39, 0.29) is 7.48 Å². The Labute approximate surface area is 142 Å².